The van der Waals surface area contributed by atoms with E-state index < -0.39 is 29.0 Å². The maximum atomic E-state index is 14.5. The van der Waals surface area contributed by atoms with Gasteiger partial charge in [-0.3, -0.25) is 4.79 Å². The molecule has 0 aromatic heterocycles. The summed E-state index contributed by atoms with van der Waals surface area (Å²) < 4.78 is 33.3. The smallest absolute Gasteiger partial charge is 0.220 e. The van der Waals surface area contributed by atoms with Crippen LogP contribution in [0.25, 0.3) is 0 Å². The molecule has 1 aliphatic carbocycles. The number of carbonyl (C=O) groups excluding carboxylic acids is 1. The average Bonchev–Trinajstić information content (AvgIpc) is 3.29. The van der Waals surface area contributed by atoms with Crippen molar-refractivity contribution in [2.24, 2.45) is 0 Å². The molecule has 1 heterocycles. The molecule has 6 nitrogen and oxygen atoms in total. The molecule has 1 amide bonds. The lowest BCUT2D eigenvalue weighted by atomic mass is 9.71. The lowest BCUT2D eigenvalue weighted by Gasteiger charge is -2.41. The normalized spacial score (nSPS) is 26.1. The average molecular weight is 556 g/mol. The Morgan fingerprint density at radius 3 is 2.56 bits per heavy atom. The zero-order valence-electron chi connectivity index (χ0n) is 20.2. The molecule has 0 radical (unpaired) electrons. The third-order valence-electron chi connectivity index (χ3n) is 7.36. The van der Waals surface area contributed by atoms with Crippen molar-refractivity contribution in [1.29, 1.82) is 0 Å². The van der Waals surface area contributed by atoms with E-state index in [1.54, 1.807) is 25.1 Å². The number of aliphatic hydroxyl groups is 1. The predicted octanol–water partition coefficient (Wildman–Crippen LogP) is 5.16. The highest BCUT2D eigenvalue weighted by atomic mass is 79.9. The molecule has 3 aromatic rings. The zero-order chi connectivity index (χ0) is 25.7. The molecule has 1 fully saturated rings. The van der Waals surface area contributed by atoms with E-state index >= 15 is 0 Å². The lowest BCUT2D eigenvalue weighted by molar-refractivity contribution is -0.133. The van der Waals surface area contributed by atoms with Crippen LogP contribution in [-0.2, 0) is 16.0 Å². The van der Waals surface area contributed by atoms with Crippen molar-refractivity contribution in [3.8, 4) is 17.2 Å². The van der Waals surface area contributed by atoms with Gasteiger partial charge < -0.3 is 24.6 Å². The number of fused-ring (bicyclic) bond motifs is 3. The Bertz CT molecular complexity index is 1320. The SMILES string of the molecule is CCC(=O)N[C@H]1C[C@@H](c2cccc(F)c2)[C@]2(c3ccc(Br)cc3)Oc3cc(OC)cc(OC)c3[C@]12O. The Labute approximate surface area is 217 Å². The Morgan fingerprint density at radius 1 is 1.17 bits per heavy atom. The summed E-state index contributed by atoms with van der Waals surface area (Å²) in [7, 11) is 3.05. The molecule has 0 spiro atoms. The third-order valence-corrected chi connectivity index (χ3v) is 7.89. The quantitative estimate of drug-likeness (QED) is 0.439. The van der Waals surface area contributed by atoms with Crippen LogP contribution in [0.15, 0.2) is 65.1 Å². The van der Waals surface area contributed by atoms with E-state index in [1.165, 1.54) is 26.4 Å². The van der Waals surface area contributed by atoms with Crippen molar-refractivity contribution in [2.45, 2.75) is 42.9 Å². The van der Waals surface area contributed by atoms with Gasteiger partial charge in [0.15, 0.2) is 11.2 Å². The molecule has 8 heteroatoms. The highest BCUT2D eigenvalue weighted by Crippen LogP contribution is 2.68. The summed E-state index contributed by atoms with van der Waals surface area (Å²) in [6.07, 6.45) is 0.562. The van der Waals surface area contributed by atoms with Crippen molar-refractivity contribution in [2.75, 3.05) is 14.2 Å². The molecular formula is C28H27BrFNO5. The second-order valence-electron chi connectivity index (χ2n) is 9.13. The van der Waals surface area contributed by atoms with Gasteiger partial charge in [0.2, 0.25) is 5.91 Å². The Morgan fingerprint density at radius 2 is 1.92 bits per heavy atom. The van der Waals surface area contributed by atoms with Crippen molar-refractivity contribution in [3.05, 3.63) is 87.6 Å². The molecule has 0 bridgehead atoms. The molecule has 0 unspecified atom stereocenters. The number of carbonyl (C=O) groups is 1. The maximum absolute atomic E-state index is 14.5. The summed E-state index contributed by atoms with van der Waals surface area (Å²) in [6.45, 7) is 1.75. The van der Waals surface area contributed by atoms with Crippen LogP contribution in [-0.4, -0.2) is 31.3 Å². The number of amides is 1. The van der Waals surface area contributed by atoms with Crippen LogP contribution in [0.4, 0.5) is 4.39 Å². The second kappa shape index (κ2) is 9.09. The first-order valence-electron chi connectivity index (χ1n) is 11.8. The van der Waals surface area contributed by atoms with Crippen LogP contribution < -0.4 is 19.5 Å². The highest BCUT2D eigenvalue weighted by molar-refractivity contribution is 9.10. The summed E-state index contributed by atoms with van der Waals surface area (Å²) in [6, 6.07) is 16.4. The minimum atomic E-state index is -1.74. The fourth-order valence-corrected chi connectivity index (χ4v) is 6.08. The fraction of sp³-hybridized carbons (Fsp3) is 0.321. The van der Waals surface area contributed by atoms with Crippen molar-refractivity contribution in [1.82, 2.24) is 5.32 Å². The zero-order valence-corrected chi connectivity index (χ0v) is 21.8. The van der Waals surface area contributed by atoms with Crippen molar-refractivity contribution in [3.63, 3.8) is 0 Å². The van der Waals surface area contributed by atoms with Gasteiger partial charge in [0.05, 0.1) is 25.8 Å². The predicted molar refractivity (Wildman–Crippen MR) is 136 cm³/mol. The van der Waals surface area contributed by atoms with Gasteiger partial charge in [0, 0.05) is 28.9 Å². The molecule has 3 aromatic carbocycles. The monoisotopic (exact) mass is 555 g/mol. The van der Waals surface area contributed by atoms with Gasteiger partial charge in [-0.15, -0.1) is 0 Å². The van der Waals surface area contributed by atoms with Crippen LogP contribution in [0.3, 0.4) is 0 Å². The molecule has 2 N–H and O–H groups in total. The number of methoxy groups -OCH3 is 2. The number of rotatable bonds is 6. The first-order valence-corrected chi connectivity index (χ1v) is 12.6. The molecule has 1 aliphatic heterocycles. The highest BCUT2D eigenvalue weighted by Gasteiger charge is 2.73. The van der Waals surface area contributed by atoms with E-state index in [1.807, 2.05) is 30.3 Å². The van der Waals surface area contributed by atoms with Crippen LogP contribution >= 0.6 is 15.9 Å². The fourth-order valence-electron chi connectivity index (χ4n) is 5.81. The van der Waals surface area contributed by atoms with E-state index in [4.69, 9.17) is 14.2 Å². The minimum absolute atomic E-state index is 0.209. The molecule has 1 saturated carbocycles. The number of hydrogen-bond acceptors (Lipinski definition) is 5. The maximum Gasteiger partial charge on any atom is 0.220 e. The Balaban J connectivity index is 1.84. The standard InChI is InChI=1S/C28H27BrFNO5/c1-4-25(32)31-24-15-21(16-6-5-7-19(30)12-16)28(17-8-10-18(29)11-9-17)27(24,33)26-22(35-3)13-20(34-2)14-23(26)36-28/h5-14,21,24,33H,4,15H2,1-3H3,(H,31,32)/t21-,24-,27+,28-/m0/s1. The summed E-state index contributed by atoms with van der Waals surface area (Å²) in [4.78, 5) is 12.7. The van der Waals surface area contributed by atoms with Crippen LogP contribution in [0.5, 0.6) is 17.2 Å². The van der Waals surface area contributed by atoms with E-state index in [0.29, 0.717) is 40.4 Å². The van der Waals surface area contributed by atoms with Gasteiger partial charge >= 0.3 is 0 Å². The number of ether oxygens (including phenoxy) is 3. The van der Waals surface area contributed by atoms with Gasteiger partial charge in [-0.2, -0.15) is 0 Å². The van der Waals surface area contributed by atoms with Crippen LogP contribution in [0.2, 0.25) is 0 Å². The summed E-state index contributed by atoms with van der Waals surface area (Å²) in [5, 5.41) is 15.9. The molecule has 0 saturated heterocycles. The van der Waals surface area contributed by atoms with Gasteiger partial charge in [0.25, 0.3) is 0 Å². The lowest BCUT2D eigenvalue weighted by Crippen LogP contribution is -2.56. The summed E-state index contributed by atoms with van der Waals surface area (Å²) in [5.41, 5.74) is -1.37. The largest absolute Gasteiger partial charge is 0.496 e. The van der Waals surface area contributed by atoms with E-state index in [-0.39, 0.29) is 12.3 Å². The van der Waals surface area contributed by atoms with E-state index in [2.05, 4.69) is 21.2 Å². The Hall–Kier alpha value is -3.10. The summed E-state index contributed by atoms with van der Waals surface area (Å²) in [5.74, 6) is 0.146. The number of benzene rings is 3. The second-order valence-corrected chi connectivity index (χ2v) is 10.0. The molecule has 4 atom stereocenters. The topological polar surface area (TPSA) is 77.0 Å². The third kappa shape index (κ3) is 3.50. The first kappa shape index (κ1) is 24.6. The van der Waals surface area contributed by atoms with Crippen molar-refractivity contribution < 1.29 is 28.5 Å². The van der Waals surface area contributed by atoms with Crippen molar-refractivity contribution >= 4 is 21.8 Å². The minimum Gasteiger partial charge on any atom is -0.496 e. The van der Waals surface area contributed by atoms with Gasteiger partial charge in [0.1, 0.15) is 23.1 Å². The molecular weight excluding hydrogens is 529 g/mol. The number of halogens is 2. The van der Waals surface area contributed by atoms with Gasteiger partial charge in [-0.05, 0) is 41.8 Å². The van der Waals surface area contributed by atoms with E-state index in [0.717, 1.165) is 4.47 Å². The number of hydrogen-bond donors (Lipinski definition) is 2. The number of nitrogens with one attached hydrogen (secondary N) is 1. The van der Waals surface area contributed by atoms with Gasteiger partial charge in [-0.1, -0.05) is 47.1 Å². The van der Waals surface area contributed by atoms with E-state index in [9.17, 15) is 14.3 Å². The molecule has 5 rings (SSSR count). The van der Waals surface area contributed by atoms with Crippen LogP contribution in [0, 0.1) is 5.82 Å². The molecule has 36 heavy (non-hydrogen) atoms. The molecule has 188 valence electrons. The van der Waals surface area contributed by atoms with Gasteiger partial charge in [-0.25, -0.2) is 4.39 Å². The van der Waals surface area contributed by atoms with Crippen LogP contribution in [0.1, 0.15) is 42.4 Å². The summed E-state index contributed by atoms with van der Waals surface area (Å²) >= 11 is 3.48. The Kier molecular flexibility index (Phi) is 6.21. The first-order chi connectivity index (χ1) is 17.3. The molecule has 2 aliphatic rings.